The van der Waals surface area contributed by atoms with Crippen molar-refractivity contribution in [1.29, 1.82) is 0 Å². The highest BCUT2D eigenvalue weighted by Crippen LogP contribution is 2.28. The smallest absolute Gasteiger partial charge is 0.297 e. The second kappa shape index (κ2) is 20.5. The van der Waals surface area contributed by atoms with Crippen molar-refractivity contribution in [3.05, 3.63) is 222 Å². The lowest BCUT2D eigenvalue weighted by molar-refractivity contribution is -0.386. The molecule has 0 spiro atoms. The number of carbonyl (C=O) groups is 2. The van der Waals surface area contributed by atoms with Crippen LogP contribution in [-0.2, 0) is 32.5 Å². The van der Waals surface area contributed by atoms with E-state index in [0.29, 0.717) is 31.0 Å². The zero-order valence-electron chi connectivity index (χ0n) is 34.9. The van der Waals surface area contributed by atoms with Gasteiger partial charge < -0.3 is 15.9 Å². The van der Waals surface area contributed by atoms with Gasteiger partial charge in [-0.05, 0) is 101 Å². The van der Waals surface area contributed by atoms with Gasteiger partial charge >= 0.3 is 0 Å². The third-order valence-electron chi connectivity index (χ3n) is 10.7. The standard InChI is InChI=1S/2C22H17FN2O3.C7H8FN/c2*23-17-9-6-14(7-10-17)8-11-18(26)20-21(27)22(28)25-13-16(12-19(25)24-20)15-4-2-1-3-5-15;8-7-3-1-6(5-9)2-4-7/h2*1-7,9-10,12,27H,8,11,13H2;1-4H,5,9H2. The summed E-state index contributed by atoms with van der Waals surface area (Å²) in [4.78, 5) is 58.4. The Morgan fingerprint density at radius 1 is 0.569 bits per heavy atom. The van der Waals surface area contributed by atoms with Gasteiger partial charge in [0.05, 0.1) is 19.6 Å². The normalized spacial score (nSPS) is 12.1. The first kappa shape index (κ1) is 45.1. The first-order valence-electron chi connectivity index (χ1n) is 20.6. The molecule has 65 heavy (non-hydrogen) atoms. The molecule has 0 atom stereocenters. The third kappa shape index (κ3) is 11.0. The van der Waals surface area contributed by atoms with Gasteiger partial charge in [0.2, 0.25) is 11.3 Å². The van der Waals surface area contributed by atoms with Gasteiger partial charge in [0, 0.05) is 18.4 Å². The maximum atomic E-state index is 13.0. The summed E-state index contributed by atoms with van der Waals surface area (Å²) in [5.41, 5.74) is 8.01. The van der Waals surface area contributed by atoms with Crippen molar-refractivity contribution >= 4 is 34.9 Å². The van der Waals surface area contributed by atoms with Crippen molar-refractivity contribution in [2.24, 2.45) is 0 Å². The van der Waals surface area contributed by atoms with Crippen LogP contribution >= 0.6 is 0 Å². The fourth-order valence-electron chi connectivity index (χ4n) is 7.13. The number of fused-ring (bicyclic) bond motifs is 2. The summed E-state index contributed by atoms with van der Waals surface area (Å²) < 4.78 is 40.8. The molecule has 0 saturated carbocycles. The fraction of sp³-hybridized carbons (Fsp3) is 0.137. The number of rotatable bonds is 11. The van der Waals surface area contributed by atoms with Gasteiger partial charge in [0.1, 0.15) is 34.8 Å². The van der Waals surface area contributed by atoms with Crippen molar-refractivity contribution in [3.63, 3.8) is 0 Å². The molecule has 2 aliphatic rings. The summed E-state index contributed by atoms with van der Waals surface area (Å²) in [5, 5.41) is 22.6. The predicted octanol–water partition coefficient (Wildman–Crippen LogP) is 6.85. The number of halogens is 3. The summed E-state index contributed by atoms with van der Waals surface area (Å²) in [6.07, 6.45) is 4.27. The number of hydrogen-bond donors (Lipinski definition) is 2. The van der Waals surface area contributed by atoms with Crippen LogP contribution in [0.5, 0.6) is 11.5 Å². The molecule has 0 radical (unpaired) electrons. The van der Waals surface area contributed by atoms with Gasteiger partial charge in [0.15, 0.2) is 17.3 Å². The Bertz CT molecular complexity index is 2840. The number of benzene rings is 5. The van der Waals surface area contributed by atoms with Crippen LogP contribution in [-0.4, -0.2) is 35.8 Å². The number of aromatic hydroxyl groups is 1. The van der Waals surface area contributed by atoms with Crippen LogP contribution in [0.15, 0.2) is 143 Å². The SMILES string of the molecule is O=C(CCc1ccc(F)cc1)c1nc2n(c(=O)c1O)CC(c1ccccc1)=C2.O=C(CCc1ccc(F)cc1)c1nc2n(c(=O)c1[O-])CC(c1ccccc1)=C2.[NH3+]Cc1ccc(F)cc1. The van der Waals surface area contributed by atoms with E-state index in [1.54, 1.807) is 48.6 Å². The van der Waals surface area contributed by atoms with Gasteiger partial charge in [0.25, 0.3) is 5.56 Å². The number of aryl methyl sites for hydroxylation is 2. The molecule has 7 aromatic rings. The molecule has 0 bridgehead atoms. The number of allylic oxidation sites excluding steroid dienone is 2. The van der Waals surface area contributed by atoms with E-state index in [0.717, 1.165) is 45.5 Å². The highest BCUT2D eigenvalue weighted by atomic mass is 19.1. The minimum absolute atomic E-state index is 0.0199. The molecule has 5 aromatic carbocycles. The highest BCUT2D eigenvalue weighted by molar-refractivity contribution is 5.98. The number of hydrogen-bond acceptors (Lipinski definition) is 8. The molecular formula is C51H42F3N5O6. The minimum atomic E-state index is -0.879. The molecule has 2 aliphatic heterocycles. The van der Waals surface area contributed by atoms with E-state index in [2.05, 4.69) is 15.7 Å². The fourth-order valence-corrected chi connectivity index (χ4v) is 7.13. The van der Waals surface area contributed by atoms with Gasteiger partial charge in [-0.3, -0.25) is 28.3 Å². The molecule has 0 fully saturated rings. The summed E-state index contributed by atoms with van der Waals surface area (Å²) in [6.45, 7) is 1.27. The van der Waals surface area contributed by atoms with E-state index in [9.17, 15) is 42.6 Å². The molecule has 2 aromatic heterocycles. The van der Waals surface area contributed by atoms with Crippen molar-refractivity contribution in [2.75, 3.05) is 0 Å². The first-order valence-corrected chi connectivity index (χ1v) is 20.6. The van der Waals surface area contributed by atoms with Gasteiger partial charge in [-0.25, -0.2) is 23.1 Å². The van der Waals surface area contributed by atoms with Crippen LogP contribution in [0.2, 0.25) is 0 Å². The van der Waals surface area contributed by atoms with Crippen molar-refractivity contribution in [3.8, 4) is 11.5 Å². The lowest BCUT2D eigenvalue weighted by Gasteiger charge is -2.14. The van der Waals surface area contributed by atoms with Crippen LogP contribution in [0.4, 0.5) is 13.2 Å². The van der Waals surface area contributed by atoms with Crippen LogP contribution < -0.4 is 22.0 Å². The lowest BCUT2D eigenvalue weighted by Crippen LogP contribution is -2.47. The summed E-state index contributed by atoms with van der Waals surface area (Å²) in [5.74, 6) is -2.65. The van der Waals surface area contributed by atoms with Crippen molar-refractivity contribution in [2.45, 2.75) is 45.3 Å². The largest absolute Gasteiger partial charge is 0.867 e. The van der Waals surface area contributed by atoms with E-state index in [1.807, 2.05) is 60.7 Å². The predicted molar refractivity (Wildman–Crippen MR) is 238 cm³/mol. The van der Waals surface area contributed by atoms with Crippen LogP contribution in [0.25, 0.3) is 23.3 Å². The average Bonchev–Trinajstić information content (AvgIpc) is 3.98. The van der Waals surface area contributed by atoms with Crippen molar-refractivity contribution in [1.82, 2.24) is 19.1 Å². The Morgan fingerprint density at radius 2 is 0.954 bits per heavy atom. The van der Waals surface area contributed by atoms with Gasteiger partial charge in [-0.1, -0.05) is 97.1 Å². The third-order valence-corrected chi connectivity index (χ3v) is 10.7. The maximum Gasteiger partial charge on any atom is 0.297 e. The molecule has 4 heterocycles. The van der Waals surface area contributed by atoms with Crippen LogP contribution in [0.1, 0.15) is 73.3 Å². The zero-order chi connectivity index (χ0) is 46.0. The number of ketones is 2. The second-order valence-electron chi connectivity index (χ2n) is 15.1. The minimum Gasteiger partial charge on any atom is -0.867 e. The van der Waals surface area contributed by atoms with Gasteiger partial charge in [-0.2, -0.15) is 0 Å². The summed E-state index contributed by atoms with van der Waals surface area (Å²) >= 11 is 0. The zero-order valence-corrected chi connectivity index (χ0v) is 34.9. The second-order valence-corrected chi connectivity index (χ2v) is 15.1. The Hall–Kier alpha value is -7.97. The molecular weight excluding hydrogens is 836 g/mol. The summed E-state index contributed by atoms with van der Waals surface area (Å²) in [7, 11) is 0. The Kier molecular flexibility index (Phi) is 14.2. The van der Waals surface area contributed by atoms with E-state index < -0.39 is 34.2 Å². The summed E-state index contributed by atoms with van der Waals surface area (Å²) in [6, 6.07) is 37.1. The van der Waals surface area contributed by atoms with E-state index in [4.69, 9.17) is 0 Å². The highest BCUT2D eigenvalue weighted by Gasteiger charge is 2.25. The lowest BCUT2D eigenvalue weighted by atomic mass is 10.1. The van der Waals surface area contributed by atoms with Crippen molar-refractivity contribution < 1.29 is 38.7 Å². The monoisotopic (exact) mass is 877 g/mol. The van der Waals surface area contributed by atoms with Crippen LogP contribution in [0, 0.1) is 17.5 Å². The average molecular weight is 878 g/mol. The number of carbonyl (C=O) groups excluding carboxylic acids is 2. The van der Waals surface area contributed by atoms with Gasteiger partial charge in [-0.15, -0.1) is 0 Å². The Balaban J connectivity index is 0.000000163. The molecule has 0 amide bonds. The molecule has 4 N–H and O–H groups in total. The molecule has 0 saturated heterocycles. The molecule has 14 heteroatoms. The molecule has 0 aliphatic carbocycles. The number of quaternary nitrogens is 1. The number of nitrogens with zero attached hydrogens (tertiary/aromatic N) is 4. The molecule has 11 nitrogen and oxygen atoms in total. The van der Waals surface area contributed by atoms with Crippen LogP contribution in [0.3, 0.4) is 0 Å². The molecule has 328 valence electrons. The topological polar surface area (TPSA) is 175 Å². The maximum absolute atomic E-state index is 13.0. The van der Waals surface area contributed by atoms with E-state index in [-0.39, 0.29) is 48.2 Å². The first-order chi connectivity index (χ1) is 31.4. The Morgan fingerprint density at radius 3 is 1.38 bits per heavy atom. The van der Waals surface area contributed by atoms with E-state index in [1.165, 1.54) is 45.5 Å². The van der Waals surface area contributed by atoms with E-state index >= 15 is 0 Å². The molecule has 9 rings (SSSR count). The quantitative estimate of drug-likeness (QED) is 0.133. The number of Topliss-reactive ketones (excluding diaryl/α,β-unsaturated/α-hetero) is 2. The Labute approximate surface area is 371 Å². The number of aromatic nitrogens is 4. The molecule has 0 unspecified atom stereocenters.